The number of hydrogen-bond acceptors (Lipinski definition) is 7. The SMILES string of the molecule is CCCNC(=O)[C@H](C)N(Cc1cccc(Br)c1)C(=O)CN(c1cc([N+](=O)[O-])ccc1OC)S(C)(=O)=O. The fraction of sp³-hybridized carbons (Fsp3) is 0.391. The number of halogens is 1. The van der Waals surface area contributed by atoms with Gasteiger partial charge in [-0.3, -0.25) is 24.0 Å². The quantitative estimate of drug-likeness (QED) is 0.298. The molecule has 196 valence electrons. The van der Waals surface area contributed by atoms with Crippen molar-refractivity contribution in [3.63, 3.8) is 0 Å². The molecule has 0 aliphatic heterocycles. The molecular formula is C23H29BrN4O7S. The first-order chi connectivity index (χ1) is 16.9. The van der Waals surface area contributed by atoms with E-state index in [-0.39, 0.29) is 29.6 Å². The van der Waals surface area contributed by atoms with Crippen LogP contribution in [0.4, 0.5) is 11.4 Å². The van der Waals surface area contributed by atoms with Crippen molar-refractivity contribution in [1.82, 2.24) is 10.2 Å². The lowest BCUT2D eigenvalue weighted by molar-refractivity contribution is -0.384. The number of nitrogens with one attached hydrogen (secondary N) is 1. The fourth-order valence-electron chi connectivity index (χ4n) is 3.39. The van der Waals surface area contributed by atoms with Gasteiger partial charge in [0.05, 0.1) is 18.3 Å². The smallest absolute Gasteiger partial charge is 0.271 e. The molecule has 0 unspecified atom stereocenters. The van der Waals surface area contributed by atoms with Crippen molar-refractivity contribution < 1.29 is 27.7 Å². The third-order valence-corrected chi connectivity index (χ3v) is 6.90. The molecule has 0 heterocycles. The molecule has 0 radical (unpaired) electrons. The van der Waals surface area contributed by atoms with Crippen LogP contribution in [0.5, 0.6) is 5.75 Å². The average Bonchev–Trinajstić information content (AvgIpc) is 2.82. The number of nitrogens with zero attached hydrogens (tertiary/aromatic N) is 3. The molecule has 36 heavy (non-hydrogen) atoms. The summed E-state index contributed by atoms with van der Waals surface area (Å²) >= 11 is 3.38. The molecule has 0 bridgehead atoms. The first kappa shape index (κ1) is 29.0. The van der Waals surface area contributed by atoms with E-state index in [2.05, 4.69) is 21.2 Å². The Labute approximate surface area is 218 Å². The van der Waals surface area contributed by atoms with Gasteiger partial charge in [0.15, 0.2) is 0 Å². The number of non-ortho nitro benzene ring substituents is 1. The second-order valence-corrected chi connectivity index (χ2v) is 10.8. The number of amides is 2. The van der Waals surface area contributed by atoms with E-state index in [1.54, 1.807) is 25.1 Å². The van der Waals surface area contributed by atoms with Crippen LogP contribution < -0.4 is 14.4 Å². The van der Waals surface area contributed by atoms with Gasteiger partial charge in [-0.25, -0.2) is 8.42 Å². The Morgan fingerprint density at radius 1 is 1.22 bits per heavy atom. The van der Waals surface area contributed by atoms with Gasteiger partial charge in [-0.15, -0.1) is 0 Å². The number of rotatable bonds is 12. The Bertz CT molecular complexity index is 1220. The zero-order valence-electron chi connectivity index (χ0n) is 20.4. The second-order valence-electron chi connectivity index (χ2n) is 8.00. The Morgan fingerprint density at radius 2 is 1.92 bits per heavy atom. The molecule has 0 spiro atoms. The third kappa shape index (κ3) is 7.65. The lowest BCUT2D eigenvalue weighted by Crippen LogP contribution is -2.51. The molecule has 0 saturated heterocycles. The zero-order chi connectivity index (χ0) is 27.0. The number of nitro benzene ring substituents is 1. The van der Waals surface area contributed by atoms with Crippen LogP contribution in [0, 0.1) is 10.1 Å². The maximum Gasteiger partial charge on any atom is 0.271 e. The van der Waals surface area contributed by atoms with Gasteiger partial charge in [0.2, 0.25) is 21.8 Å². The van der Waals surface area contributed by atoms with Gasteiger partial charge in [0.25, 0.3) is 5.69 Å². The van der Waals surface area contributed by atoms with Gasteiger partial charge in [0, 0.05) is 29.7 Å². The van der Waals surface area contributed by atoms with Crippen LogP contribution >= 0.6 is 15.9 Å². The average molecular weight is 585 g/mol. The lowest BCUT2D eigenvalue weighted by atomic mass is 10.1. The summed E-state index contributed by atoms with van der Waals surface area (Å²) in [6, 6.07) is 9.70. The molecule has 0 aliphatic rings. The molecule has 11 nitrogen and oxygen atoms in total. The molecule has 1 N–H and O–H groups in total. The van der Waals surface area contributed by atoms with E-state index in [0.29, 0.717) is 18.5 Å². The van der Waals surface area contributed by atoms with Crippen molar-refractivity contribution >= 4 is 49.1 Å². The predicted octanol–water partition coefficient (Wildman–Crippen LogP) is 3.08. The van der Waals surface area contributed by atoms with Crippen LogP contribution in [0.1, 0.15) is 25.8 Å². The maximum absolute atomic E-state index is 13.6. The van der Waals surface area contributed by atoms with E-state index in [4.69, 9.17) is 4.74 Å². The van der Waals surface area contributed by atoms with Crippen LogP contribution in [0.3, 0.4) is 0 Å². The van der Waals surface area contributed by atoms with Gasteiger partial charge in [-0.2, -0.15) is 0 Å². The van der Waals surface area contributed by atoms with E-state index in [9.17, 15) is 28.1 Å². The van der Waals surface area contributed by atoms with Crippen LogP contribution in [0.15, 0.2) is 46.9 Å². The van der Waals surface area contributed by atoms with Gasteiger partial charge in [0.1, 0.15) is 24.0 Å². The number of carbonyl (C=O) groups is 2. The summed E-state index contributed by atoms with van der Waals surface area (Å²) < 4.78 is 32.2. The Hall–Kier alpha value is -3.19. The monoisotopic (exact) mass is 584 g/mol. The molecule has 2 rings (SSSR count). The lowest BCUT2D eigenvalue weighted by Gasteiger charge is -2.31. The molecular weight excluding hydrogens is 556 g/mol. The van der Waals surface area contributed by atoms with Crippen molar-refractivity contribution in [2.24, 2.45) is 0 Å². The minimum absolute atomic E-state index is 0.0304. The van der Waals surface area contributed by atoms with Gasteiger partial charge in [-0.1, -0.05) is 35.0 Å². The Kier molecular flexibility index (Phi) is 10.2. The summed E-state index contributed by atoms with van der Waals surface area (Å²) in [5.41, 5.74) is 0.185. The minimum Gasteiger partial charge on any atom is -0.495 e. The normalized spacial score (nSPS) is 11.9. The highest BCUT2D eigenvalue weighted by Crippen LogP contribution is 2.34. The number of sulfonamides is 1. The van der Waals surface area contributed by atoms with Crippen molar-refractivity contribution in [3.8, 4) is 5.75 Å². The first-order valence-corrected chi connectivity index (χ1v) is 13.6. The summed E-state index contributed by atoms with van der Waals surface area (Å²) in [5, 5.41) is 14.1. The van der Waals surface area contributed by atoms with Crippen LogP contribution in [-0.4, -0.2) is 62.6 Å². The van der Waals surface area contributed by atoms with Gasteiger partial charge < -0.3 is 15.0 Å². The van der Waals surface area contributed by atoms with Crippen molar-refractivity contribution in [1.29, 1.82) is 0 Å². The number of hydrogen-bond donors (Lipinski definition) is 1. The molecule has 2 aromatic rings. The number of carbonyl (C=O) groups excluding carboxylic acids is 2. The van der Waals surface area contributed by atoms with E-state index >= 15 is 0 Å². The highest BCUT2D eigenvalue weighted by molar-refractivity contribution is 9.10. The van der Waals surface area contributed by atoms with Crippen LogP contribution in [-0.2, 0) is 26.2 Å². The maximum atomic E-state index is 13.6. The fourth-order valence-corrected chi connectivity index (χ4v) is 4.68. The minimum atomic E-state index is -4.09. The molecule has 13 heteroatoms. The highest BCUT2D eigenvalue weighted by atomic mass is 79.9. The number of methoxy groups -OCH3 is 1. The van der Waals surface area contributed by atoms with Crippen LogP contribution in [0.2, 0.25) is 0 Å². The summed E-state index contributed by atoms with van der Waals surface area (Å²) in [6.45, 7) is 3.20. The number of ether oxygens (including phenoxy) is 1. The Balaban J connectivity index is 2.50. The predicted molar refractivity (Wildman–Crippen MR) is 139 cm³/mol. The molecule has 2 amide bonds. The van der Waals surface area contributed by atoms with Crippen LogP contribution in [0.25, 0.3) is 0 Å². The molecule has 0 aromatic heterocycles. The number of nitro groups is 1. The standard InChI is InChI=1S/C23H29BrN4O7S/c1-5-11-25-23(30)16(2)26(14-17-7-6-8-18(24)12-17)22(29)15-27(36(4,33)34)20-13-19(28(31)32)9-10-21(20)35-3/h6-10,12-13,16H,5,11,14-15H2,1-4H3,(H,25,30)/t16-/m0/s1. The van der Waals surface area contributed by atoms with E-state index in [0.717, 1.165) is 21.1 Å². The summed E-state index contributed by atoms with van der Waals surface area (Å²) in [5.74, 6) is -1.03. The van der Waals surface area contributed by atoms with Gasteiger partial charge in [-0.05, 0) is 37.1 Å². The summed E-state index contributed by atoms with van der Waals surface area (Å²) in [7, 11) is -2.80. The first-order valence-electron chi connectivity index (χ1n) is 11.0. The summed E-state index contributed by atoms with van der Waals surface area (Å²) in [6.07, 6.45) is 1.58. The molecule has 0 fully saturated rings. The second kappa shape index (κ2) is 12.7. The zero-order valence-corrected chi connectivity index (χ0v) is 22.8. The molecule has 0 saturated carbocycles. The van der Waals surface area contributed by atoms with E-state index in [1.165, 1.54) is 24.1 Å². The number of benzene rings is 2. The number of anilines is 1. The van der Waals surface area contributed by atoms with Gasteiger partial charge >= 0.3 is 0 Å². The molecule has 0 aliphatic carbocycles. The van der Waals surface area contributed by atoms with E-state index < -0.39 is 33.4 Å². The third-order valence-electron chi connectivity index (χ3n) is 5.28. The topological polar surface area (TPSA) is 139 Å². The Morgan fingerprint density at radius 3 is 2.47 bits per heavy atom. The highest BCUT2D eigenvalue weighted by Gasteiger charge is 2.32. The molecule has 2 aromatic carbocycles. The van der Waals surface area contributed by atoms with Crippen molar-refractivity contribution in [2.75, 3.05) is 30.8 Å². The van der Waals surface area contributed by atoms with E-state index in [1.807, 2.05) is 13.0 Å². The van der Waals surface area contributed by atoms with Crippen molar-refractivity contribution in [2.45, 2.75) is 32.9 Å². The molecule has 1 atom stereocenters. The summed E-state index contributed by atoms with van der Waals surface area (Å²) in [4.78, 5) is 38.2. The van der Waals surface area contributed by atoms with Crippen molar-refractivity contribution in [3.05, 3.63) is 62.6 Å². The largest absolute Gasteiger partial charge is 0.495 e.